The van der Waals surface area contributed by atoms with Crippen LogP contribution in [0.4, 0.5) is 60.5 Å². The molecule has 4 N–H and O–H groups in total. The van der Waals surface area contributed by atoms with E-state index in [1.54, 1.807) is 13.8 Å². The van der Waals surface area contributed by atoms with Crippen molar-refractivity contribution in [3.05, 3.63) is 138 Å². The zero-order chi connectivity index (χ0) is 51.8. The van der Waals surface area contributed by atoms with Crippen LogP contribution in [0.2, 0.25) is 20.1 Å². The van der Waals surface area contributed by atoms with Gasteiger partial charge < -0.3 is 21.3 Å². The average molecular weight is 1050 g/mol. The first-order valence-corrected chi connectivity index (χ1v) is 21.9. The minimum absolute atomic E-state index is 0.0896. The van der Waals surface area contributed by atoms with Gasteiger partial charge in [-0.25, -0.2) is 0 Å². The van der Waals surface area contributed by atoms with Crippen molar-refractivity contribution in [3.63, 3.8) is 0 Å². The fraction of sp³-hybridized carbons (Fsp3) is 0.217. The van der Waals surface area contributed by atoms with E-state index in [2.05, 4.69) is 41.7 Å². The number of alkyl halides is 6. The molecule has 4 amide bonds. The molecule has 0 saturated heterocycles. The third-order valence-electron chi connectivity index (χ3n) is 9.96. The third kappa shape index (κ3) is 13.5. The van der Waals surface area contributed by atoms with Gasteiger partial charge in [-0.05, 0) is 123 Å². The molecule has 0 saturated carbocycles. The van der Waals surface area contributed by atoms with E-state index in [9.17, 15) is 55.1 Å². The monoisotopic (exact) mass is 1050 g/mol. The molecule has 70 heavy (non-hydrogen) atoms. The number of nitrogens with zero attached hydrogens (tertiary/aromatic N) is 4. The molecule has 2 atom stereocenters. The number of ketones is 2. The highest BCUT2D eigenvalue weighted by atomic mass is 35.5. The van der Waals surface area contributed by atoms with E-state index in [0.29, 0.717) is 23.3 Å². The Labute approximate surface area is 414 Å². The fourth-order valence-electron chi connectivity index (χ4n) is 6.62. The number of hydrogen-bond donors (Lipinski definition) is 4. The molecule has 2 unspecified atom stereocenters. The standard InChI is InChI=1S/C46H36Cl4F6N8O6/c1-5-27-28(6-2)36(58-44(70)40(22(4)66)64-62-26-10-12-34(50)30(20-26)42(68)60-38-14-8-24(48)18-32(38)46(54,55)56)16-15-35(27)57-43(69)39(21(3)65)63-61-25-9-11-33(49)29(19-25)41(67)59-37-13-7-23(47)17-31(37)45(51,52)53/h7-20,39-40H,5-6H2,1-4H3,(H,57,69)(H,58,70)(H,59,67)(H,60,68). The summed E-state index contributed by atoms with van der Waals surface area (Å²) in [6.07, 6.45) is -9.16. The second-order valence-electron chi connectivity index (χ2n) is 14.9. The minimum Gasteiger partial charge on any atom is -0.323 e. The van der Waals surface area contributed by atoms with E-state index < -0.39 is 82.1 Å². The quantitative estimate of drug-likeness (QED) is 0.0430. The topological polar surface area (TPSA) is 200 Å². The second-order valence-corrected chi connectivity index (χ2v) is 16.6. The molecule has 0 aliphatic carbocycles. The number of hydrogen-bond acceptors (Lipinski definition) is 10. The highest BCUT2D eigenvalue weighted by Crippen LogP contribution is 2.39. The van der Waals surface area contributed by atoms with Gasteiger partial charge in [0, 0.05) is 21.4 Å². The Hall–Kier alpha value is -6.74. The molecule has 0 aliphatic rings. The van der Waals surface area contributed by atoms with Crippen LogP contribution >= 0.6 is 46.4 Å². The van der Waals surface area contributed by atoms with E-state index >= 15 is 0 Å². The van der Waals surface area contributed by atoms with E-state index in [4.69, 9.17) is 46.4 Å². The van der Waals surface area contributed by atoms with Crippen molar-refractivity contribution < 1.29 is 55.1 Å². The predicted molar refractivity (Wildman–Crippen MR) is 252 cm³/mol. The molecule has 0 bridgehead atoms. The van der Waals surface area contributed by atoms with E-state index in [-0.39, 0.29) is 66.8 Å². The molecule has 0 radical (unpaired) electrons. The molecule has 5 rings (SSSR count). The number of halogens is 10. The highest BCUT2D eigenvalue weighted by molar-refractivity contribution is 6.35. The predicted octanol–water partition coefficient (Wildman–Crippen LogP) is 13.3. The summed E-state index contributed by atoms with van der Waals surface area (Å²) in [7, 11) is 0. The lowest BCUT2D eigenvalue weighted by atomic mass is 9.98. The van der Waals surface area contributed by atoms with Crippen molar-refractivity contribution in [3.8, 4) is 0 Å². The van der Waals surface area contributed by atoms with Crippen LogP contribution in [0.3, 0.4) is 0 Å². The van der Waals surface area contributed by atoms with E-state index in [1.165, 1.54) is 36.4 Å². The Morgan fingerprint density at radius 2 is 0.843 bits per heavy atom. The van der Waals surface area contributed by atoms with Crippen LogP contribution in [-0.4, -0.2) is 47.3 Å². The first kappa shape index (κ1) is 54.2. The molecule has 5 aromatic carbocycles. The number of Topliss-reactive ketones (excluding diaryl/α,β-unsaturated/α-hetero) is 2. The van der Waals surface area contributed by atoms with Crippen LogP contribution in [-0.2, 0) is 44.4 Å². The normalized spacial score (nSPS) is 12.7. The largest absolute Gasteiger partial charge is 0.418 e. The van der Waals surface area contributed by atoms with Gasteiger partial charge in [-0.15, -0.1) is 0 Å². The number of amides is 4. The van der Waals surface area contributed by atoms with Crippen LogP contribution in [0.25, 0.3) is 0 Å². The maximum atomic E-state index is 13.7. The molecule has 0 spiro atoms. The Kier molecular flexibility index (Phi) is 17.6. The zero-order valence-corrected chi connectivity index (χ0v) is 39.7. The lowest BCUT2D eigenvalue weighted by Gasteiger charge is -2.20. The fourth-order valence-corrected chi connectivity index (χ4v) is 7.37. The lowest BCUT2D eigenvalue weighted by Crippen LogP contribution is -2.33. The van der Waals surface area contributed by atoms with Gasteiger partial charge in [0.25, 0.3) is 23.6 Å². The zero-order valence-electron chi connectivity index (χ0n) is 36.7. The van der Waals surface area contributed by atoms with Crippen molar-refractivity contribution in [1.82, 2.24) is 0 Å². The Balaban J connectivity index is 1.32. The van der Waals surface area contributed by atoms with Crippen molar-refractivity contribution in [2.24, 2.45) is 20.5 Å². The van der Waals surface area contributed by atoms with E-state index in [0.717, 1.165) is 50.2 Å². The summed E-state index contributed by atoms with van der Waals surface area (Å²) in [6, 6.07) is 12.1. The molecular weight excluding hydrogens is 1020 g/mol. The van der Waals surface area contributed by atoms with Crippen molar-refractivity contribution in [2.75, 3.05) is 21.3 Å². The van der Waals surface area contributed by atoms with Gasteiger partial charge in [0.15, 0.2) is 11.6 Å². The number of benzene rings is 5. The summed E-state index contributed by atoms with van der Waals surface area (Å²) in [5, 5.41) is 24.5. The molecular formula is C46H36Cl4F6N8O6. The summed E-state index contributed by atoms with van der Waals surface area (Å²) in [4.78, 5) is 78.7. The molecule has 24 heteroatoms. The Bertz CT molecular complexity index is 2770. The molecule has 0 fully saturated rings. The van der Waals surface area contributed by atoms with Crippen LogP contribution in [0, 0.1) is 0 Å². The second kappa shape index (κ2) is 22.8. The number of rotatable bonds is 16. The lowest BCUT2D eigenvalue weighted by molar-refractivity contribution is -0.137. The SMILES string of the molecule is CCc1c(NC(=O)C(N=Nc2ccc(Cl)c(C(=O)Nc3ccc(Cl)cc3C(F)(F)F)c2)C(C)=O)ccc(NC(=O)C(N=Nc2ccc(Cl)c(C(=O)Nc3ccc(Cl)cc3C(F)(F)F)c2)C(C)=O)c1CC. The van der Waals surface area contributed by atoms with Crippen LogP contribution in [0.15, 0.2) is 105 Å². The van der Waals surface area contributed by atoms with Gasteiger partial charge >= 0.3 is 12.4 Å². The maximum absolute atomic E-state index is 13.7. The summed E-state index contributed by atoms with van der Waals surface area (Å²) < 4.78 is 81.9. The van der Waals surface area contributed by atoms with Gasteiger partial charge in [0.1, 0.15) is 0 Å². The molecule has 0 aliphatic heterocycles. The van der Waals surface area contributed by atoms with Crippen molar-refractivity contribution in [2.45, 2.75) is 65.0 Å². The van der Waals surface area contributed by atoms with Crippen LogP contribution in [0.5, 0.6) is 0 Å². The summed E-state index contributed by atoms with van der Waals surface area (Å²) in [5.41, 5.74) is -2.91. The number of nitrogens with one attached hydrogen (secondary N) is 4. The molecule has 14 nitrogen and oxygen atoms in total. The first-order valence-electron chi connectivity index (χ1n) is 20.4. The van der Waals surface area contributed by atoms with Crippen molar-refractivity contribution in [1.29, 1.82) is 0 Å². The highest BCUT2D eigenvalue weighted by Gasteiger charge is 2.36. The molecule has 0 aromatic heterocycles. The van der Waals surface area contributed by atoms with E-state index in [1.807, 2.05) is 0 Å². The van der Waals surface area contributed by atoms with Crippen LogP contribution < -0.4 is 21.3 Å². The number of carbonyl (C=O) groups excluding carboxylic acids is 6. The van der Waals surface area contributed by atoms with Crippen LogP contribution in [0.1, 0.15) is 70.7 Å². The Morgan fingerprint density at radius 3 is 1.16 bits per heavy atom. The number of carbonyl (C=O) groups is 6. The minimum atomic E-state index is -4.86. The Morgan fingerprint density at radius 1 is 0.500 bits per heavy atom. The smallest absolute Gasteiger partial charge is 0.323 e. The average Bonchev–Trinajstić information content (AvgIpc) is 3.27. The maximum Gasteiger partial charge on any atom is 0.418 e. The molecule has 0 heterocycles. The molecule has 366 valence electrons. The molecule has 5 aromatic rings. The van der Waals surface area contributed by atoms with Gasteiger partial charge in [0.05, 0.1) is 55.0 Å². The number of azo groups is 2. The summed E-state index contributed by atoms with van der Waals surface area (Å²) in [5.74, 6) is -5.41. The van der Waals surface area contributed by atoms with Gasteiger partial charge in [-0.3, -0.25) is 28.8 Å². The van der Waals surface area contributed by atoms with Gasteiger partial charge in [-0.2, -0.15) is 46.8 Å². The third-order valence-corrected chi connectivity index (χ3v) is 11.1. The number of anilines is 4. The van der Waals surface area contributed by atoms with Gasteiger partial charge in [-0.1, -0.05) is 60.3 Å². The van der Waals surface area contributed by atoms with Gasteiger partial charge in [0.2, 0.25) is 12.1 Å². The summed E-state index contributed by atoms with van der Waals surface area (Å²) >= 11 is 23.9. The first-order chi connectivity index (χ1) is 32.8. The van der Waals surface area contributed by atoms with Crippen molar-refractivity contribution >= 4 is 116 Å². The summed E-state index contributed by atoms with van der Waals surface area (Å²) in [6.45, 7) is 5.66.